The van der Waals surface area contributed by atoms with Gasteiger partial charge in [0, 0.05) is 19.4 Å². The number of aromatic nitrogens is 3. The van der Waals surface area contributed by atoms with Gasteiger partial charge in [-0.2, -0.15) is 13.9 Å². The van der Waals surface area contributed by atoms with Crippen LogP contribution in [0.4, 0.5) is 8.78 Å². The first-order valence-electron chi connectivity index (χ1n) is 5.54. The Hall–Kier alpha value is -1.98. The van der Waals surface area contributed by atoms with Crippen molar-refractivity contribution in [3.05, 3.63) is 30.2 Å². The largest absolute Gasteiger partial charge is 0.434 e. The van der Waals surface area contributed by atoms with Crippen LogP contribution in [-0.4, -0.2) is 21.4 Å². The standard InChI is InChI=1S/C12H13F2N3O/c1-3-8-6-10(17(2)16-8)9-7-15-5-4-11(9)18-12(13)14/h4-7,12H,3H2,1-2H3. The van der Waals surface area contributed by atoms with E-state index in [1.165, 1.54) is 18.5 Å². The van der Waals surface area contributed by atoms with Crippen molar-refractivity contribution >= 4 is 0 Å². The van der Waals surface area contributed by atoms with Crippen LogP contribution in [0.1, 0.15) is 12.6 Å². The third kappa shape index (κ3) is 2.47. The highest BCUT2D eigenvalue weighted by Gasteiger charge is 2.14. The molecule has 0 aliphatic rings. The van der Waals surface area contributed by atoms with E-state index in [1.54, 1.807) is 11.7 Å². The van der Waals surface area contributed by atoms with Crippen molar-refractivity contribution in [3.8, 4) is 17.0 Å². The van der Waals surface area contributed by atoms with Gasteiger partial charge in [0.05, 0.1) is 17.0 Å². The molecule has 2 rings (SSSR count). The molecule has 18 heavy (non-hydrogen) atoms. The third-order valence-corrected chi connectivity index (χ3v) is 2.57. The van der Waals surface area contributed by atoms with Crippen LogP contribution in [0.3, 0.4) is 0 Å². The molecule has 2 aromatic rings. The highest BCUT2D eigenvalue weighted by Crippen LogP contribution is 2.30. The Morgan fingerprint density at radius 1 is 1.44 bits per heavy atom. The van der Waals surface area contributed by atoms with E-state index in [9.17, 15) is 8.78 Å². The van der Waals surface area contributed by atoms with E-state index in [1.807, 2.05) is 13.0 Å². The van der Waals surface area contributed by atoms with Crippen LogP contribution >= 0.6 is 0 Å². The fraction of sp³-hybridized carbons (Fsp3) is 0.333. The molecule has 96 valence electrons. The SMILES string of the molecule is CCc1cc(-c2cnccc2OC(F)F)n(C)n1. The van der Waals surface area contributed by atoms with Crippen LogP contribution in [0.15, 0.2) is 24.5 Å². The maximum atomic E-state index is 12.3. The van der Waals surface area contributed by atoms with Crippen molar-refractivity contribution in [2.75, 3.05) is 0 Å². The molecule has 0 aliphatic carbocycles. The van der Waals surface area contributed by atoms with Gasteiger partial charge in [0.2, 0.25) is 0 Å². The molecule has 0 N–H and O–H groups in total. The molecular formula is C12H13F2N3O. The molecule has 0 amide bonds. The molecule has 0 radical (unpaired) electrons. The summed E-state index contributed by atoms with van der Waals surface area (Å²) in [5, 5.41) is 4.27. The summed E-state index contributed by atoms with van der Waals surface area (Å²) < 4.78 is 30.8. The van der Waals surface area contributed by atoms with Gasteiger partial charge in [-0.25, -0.2) is 0 Å². The fourth-order valence-electron chi connectivity index (χ4n) is 1.72. The number of pyridine rings is 1. The molecule has 2 heterocycles. The zero-order valence-corrected chi connectivity index (χ0v) is 10.1. The van der Waals surface area contributed by atoms with E-state index >= 15 is 0 Å². The van der Waals surface area contributed by atoms with E-state index in [-0.39, 0.29) is 5.75 Å². The fourth-order valence-corrected chi connectivity index (χ4v) is 1.72. The van der Waals surface area contributed by atoms with E-state index < -0.39 is 6.61 Å². The van der Waals surface area contributed by atoms with Gasteiger partial charge in [-0.05, 0) is 18.6 Å². The van der Waals surface area contributed by atoms with Gasteiger partial charge in [-0.3, -0.25) is 9.67 Å². The molecule has 0 saturated heterocycles. The highest BCUT2D eigenvalue weighted by molar-refractivity contribution is 5.66. The molecule has 6 heteroatoms. The Labute approximate surface area is 103 Å². The molecule has 0 unspecified atom stereocenters. The number of rotatable bonds is 4. The van der Waals surface area contributed by atoms with Gasteiger partial charge in [0.25, 0.3) is 0 Å². The number of aryl methyl sites for hydroxylation is 2. The van der Waals surface area contributed by atoms with Gasteiger partial charge < -0.3 is 4.74 Å². The maximum absolute atomic E-state index is 12.3. The van der Waals surface area contributed by atoms with Crippen LogP contribution in [0.2, 0.25) is 0 Å². The minimum Gasteiger partial charge on any atom is -0.434 e. The lowest BCUT2D eigenvalue weighted by Gasteiger charge is -2.09. The first-order valence-corrected chi connectivity index (χ1v) is 5.54. The summed E-state index contributed by atoms with van der Waals surface area (Å²) in [6, 6.07) is 3.26. The Kier molecular flexibility index (Phi) is 3.55. The molecule has 0 spiro atoms. The average molecular weight is 253 g/mol. The van der Waals surface area contributed by atoms with Gasteiger partial charge in [-0.15, -0.1) is 0 Å². The topological polar surface area (TPSA) is 39.9 Å². The normalized spacial score (nSPS) is 10.9. The van der Waals surface area contributed by atoms with E-state index in [0.717, 1.165) is 12.1 Å². The van der Waals surface area contributed by atoms with Crippen LogP contribution in [0.5, 0.6) is 5.75 Å². The Bertz CT molecular complexity index is 540. The molecule has 4 nitrogen and oxygen atoms in total. The van der Waals surface area contributed by atoms with Crippen LogP contribution in [0.25, 0.3) is 11.3 Å². The highest BCUT2D eigenvalue weighted by atomic mass is 19.3. The van der Waals surface area contributed by atoms with Crippen LogP contribution in [-0.2, 0) is 13.5 Å². The molecule has 0 aromatic carbocycles. The van der Waals surface area contributed by atoms with Crippen molar-refractivity contribution in [1.82, 2.24) is 14.8 Å². The second-order valence-corrected chi connectivity index (χ2v) is 3.75. The number of hydrogen-bond donors (Lipinski definition) is 0. The summed E-state index contributed by atoms with van der Waals surface area (Å²) in [4.78, 5) is 3.94. The number of hydrogen-bond acceptors (Lipinski definition) is 3. The lowest BCUT2D eigenvalue weighted by molar-refractivity contribution is -0.0495. The van der Waals surface area contributed by atoms with Crippen LogP contribution < -0.4 is 4.74 Å². The lowest BCUT2D eigenvalue weighted by Crippen LogP contribution is -2.04. The molecule has 0 aliphatic heterocycles. The van der Waals surface area contributed by atoms with E-state index in [2.05, 4.69) is 14.8 Å². The quantitative estimate of drug-likeness (QED) is 0.841. The molecule has 2 aromatic heterocycles. The zero-order chi connectivity index (χ0) is 13.1. The van der Waals surface area contributed by atoms with Gasteiger partial charge in [-0.1, -0.05) is 6.92 Å². The summed E-state index contributed by atoms with van der Waals surface area (Å²) in [6.45, 7) is -0.878. The monoisotopic (exact) mass is 253 g/mol. The number of halogens is 2. The van der Waals surface area contributed by atoms with Crippen molar-refractivity contribution in [3.63, 3.8) is 0 Å². The summed E-state index contributed by atoms with van der Waals surface area (Å²) in [5.74, 6) is 0.102. The smallest absolute Gasteiger partial charge is 0.387 e. The summed E-state index contributed by atoms with van der Waals surface area (Å²) in [5.41, 5.74) is 2.10. The summed E-state index contributed by atoms with van der Waals surface area (Å²) in [6.07, 6.45) is 3.69. The van der Waals surface area contributed by atoms with E-state index in [0.29, 0.717) is 11.3 Å². The first kappa shape index (κ1) is 12.5. The Morgan fingerprint density at radius 2 is 2.22 bits per heavy atom. The molecule has 0 saturated carbocycles. The van der Waals surface area contributed by atoms with E-state index in [4.69, 9.17) is 0 Å². The molecule has 0 atom stereocenters. The molecule has 0 bridgehead atoms. The van der Waals surface area contributed by atoms with Crippen molar-refractivity contribution in [2.24, 2.45) is 7.05 Å². The lowest BCUT2D eigenvalue weighted by atomic mass is 10.1. The maximum Gasteiger partial charge on any atom is 0.387 e. The van der Waals surface area contributed by atoms with Gasteiger partial charge in [0.1, 0.15) is 5.75 Å². The predicted molar refractivity (Wildman–Crippen MR) is 62.4 cm³/mol. The Balaban J connectivity index is 2.46. The first-order chi connectivity index (χ1) is 8.61. The van der Waals surface area contributed by atoms with Crippen molar-refractivity contribution in [2.45, 2.75) is 20.0 Å². The number of nitrogens with zero attached hydrogens (tertiary/aromatic N) is 3. The summed E-state index contributed by atoms with van der Waals surface area (Å²) in [7, 11) is 1.76. The second-order valence-electron chi connectivity index (χ2n) is 3.75. The van der Waals surface area contributed by atoms with Crippen molar-refractivity contribution < 1.29 is 13.5 Å². The molecular weight excluding hydrogens is 240 g/mol. The molecule has 0 fully saturated rings. The minimum absolute atomic E-state index is 0.102. The zero-order valence-electron chi connectivity index (χ0n) is 10.1. The van der Waals surface area contributed by atoms with Gasteiger partial charge in [0.15, 0.2) is 0 Å². The number of alkyl halides is 2. The minimum atomic E-state index is -2.86. The summed E-state index contributed by atoms with van der Waals surface area (Å²) >= 11 is 0. The average Bonchev–Trinajstić information content (AvgIpc) is 2.70. The second kappa shape index (κ2) is 5.12. The van der Waals surface area contributed by atoms with Crippen LogP contribution in [0, 0.1) is 0 Å². The third-order valence-electron chi connectivity index (χ3n) is 2.57. The van der Waals surface area contributed by atoms with Crippen molar-refractivity contribution in [1.29, 1.82) is 0 Å². The Morgan fingerprint density at radius 3 is 2.83 bits per heavy atom. The predicted octanol–water partition coefficient (Wildman–Crippen LogP) is 2.65. The van der Waals surface area contributed by atoms with Gasteiger partial charge >= 0.3 is 6.61 Å². The number of ether oxygens (including phenoxy) is 1.